The van der Waals surface area contributed by atoms with E-state index in [4.69, 9.17) is 0 Å². The minimum atomic E-state index is -2.44. The number of nitrogens with one attached hydrogen (secondary N) is 1. The van der Waals surface area contributed by atoms with Gasteiger partial charge in [0.25, 0.3) is 5.92 Å². The summed E-state index contributed by atoms with van der Waals surface area (Å²) in [5.74, 6) is -1.96. The first-order valence-electron chi connectivity index (χ1n) is 4.22. The molecule has 1 unspecified atom stereocenters. The molecular formula is C8H13F2N. The molecule has 1 nitrogen and oxygen atoms in total. The third kappa shape index (κ3) is 1.15. The van der Waals surface area contributed by atoms with Crippen LogP contribution in [0, 0.1) is 5.92 Å². The van der Waals surface area contributed by atoms with Crippen LogP contribution in [0.25, 0.3) is 0 Å². The highest BCUT2D eigenvalue weighted by atomic mass is 19.3. The van der Waals surface area contributed by atoms with Crippen LogP contribution in [0.1, 0.15) is 26.2 Å². The Kier molecular flexibility index (Phi) is 1.46. The molecule has 0 amide bonds. The van der Waals surface area contributed by atoms with Gasteiger partial charge in [-0.1, -0.05) is 6.92 Å². The Morgan fingerprint density at radius 3 is 2.73 bits per heavy atom. The SMILES string of the molecule is CC1C[C@H]2CC(F)(F)[C@@H](C1)N2. The minimum absolute atomic E-state index is 0.0575. The van der Waals surface area contributed by atoms with Gasteiger partial charge in [0.15, 0.2) is 0 Å². The predicted octanol–water partition coefficient (Wildman–Crippen LogP) is 1.78. The summed E-state index contributed by atoms with van der Waals surface area (Å²) in [6.07, 6.45) is 1.62. The molecule has 2 fully saturated rings. The van der Waals surface area contributed by atoms with E-state index in [-0.39, 0.29) is 12.5 Å². The van der Waals surface area contributed by atoms with Crippen molar-refractivity contribution < 1.29 is 8.78 Å². The quantitative estimate of drug-likeness (QED) is 0.571. The van der Waals surface area contributed by atoms with Crippen molar-refractivity contribution in [3.05, 3.63) is 0 Å². The predicted molar refractivity (Wildman–Crippen MR) is 38.7 cm³/mol. The molecule has 0 aromatic rings. The third-order valence-electron chi connectivity index (χ3n) is 2.79. The van der Waals surface area contributed by atoms with E-state index in [1.165, 1.54) is 0 Å². The highest BCUT2D eigenvalue weighted by Crippen LogP contribution is 2.40. The highest BCUT2D eigenvalue weighted by molar-refractivity contribution is 5.01. The lowest BCUT2D eigenvalue weighted by Crippen LogP contribution is -2.42. The van der Waals surface area contributed by atoms with Crippen LogP contribution >= 0.6 is 0 Å². The maximum absolute atomic E-state index is 13.0. The van der Waals surface area contributed by atoms with Crippen LogP contribution in [-0.2, 0) is 0 Å². The molecule has 2 aliphatic rings. The van der Waals surface area contributed by atoms with Gasteiger partial charge in [-0.05, 0) is 18.8 Å². The lowest BCUT2D eigenvalue weighted by Gasteiger charge is -2.26. The Hall–Kier alpha value is -0.180. The molecule has 1 N–H and O–H groups in total. The van der Waals surface area contributed by atoms with Gasteiger partial charge in [0, 0.05) is 12.5 Å². The number of alkyl halides is 2. The largest absolute Gasteiger partial charge is 0.306 e. The van der Waals surface area contributed by atoms with Crippen LogP contribution in [0.15, 0.2) is 0 Å². The smallest absolute Gasteiger partial charge is 0.264 e. The van der Waals surface area contributed by atoms with Gasteiger partial charge in [-0.3, -0.25) is 0 Å². The van der Waals surface area contributed by atoms with Gasteiger partial charge < -0.3 is 5.32 Å². The molecule has 0 aliphatic carbocycles. The van der Waals surface area contributed by atoms with Crippen molar-refractivity contribution in [2.45, 2.75) is 44.2 Å². The number of fused-ring (bicyclic) bond motifs is 2. The Balaban J connectivity index is 2.14. The molecule has 2 rings (SSSR count). The van der Waals surface area contributed by atoms with E-state index in [1.54, 1.807) is 0 Å². The van der Waals surface area contributed by atoms with E-state index in [9.17, 15) is 8.78 Å². The Labute approximate surface area is 65.2 Å². The zero-order valence-electron chi connectivity index (χ0n) is 6.61. The fourth-order valence-electron chi connectivity index (χ4n) is 2.31. The maximum Gasteiger partial charge on any atom is 0.264 e. The molecule has 11 heavy (non-hydrogen) atoms. The first-order chi connectivity index (χ1) is 5.08. The van der Waals surface area contributed by atoms with E-state index in [1.807, 2.05) is 0 Å². The van der Waals surface area contributed by atoms with Crippen LogP contribution in [0.4, 0.5) is 8.78 Å². The molecule has 2 saturated heterocycles. The number of hydrogen-bond acceptors (Lipinski definition) is 1. The van der Waals surface area contributed by atoms with Crippen LogP contribution < -0.4 is 5.32 Å². The minimum Gasteiger partial charge on any atom is -0.306 e. The number of rotatable bonds is 0. The lowest BCUT2D eigenvalue weighted by molar-refractivity contribution is -0.0143. The molecular weight excluding hydrogens is 148 g/mol. The fraction of sp³-hybridized carbons (Fsp3) is 1.00. The molecule has 2 bridgehead atoms. The summed E-state index contributed by atoms with van der Waals surface area (Å²) in [5, 5.41) is 2.96. The second-order valence-corrected chi connectivity index (χ2v) is 3.96. The molecule has 0 aromatic carbocycles. The average molecular weight is 161 g/mol. The highest BCUT2D eigenvalue weighted by Gasteiger charge is 2.51. The van der Waals surface area contributed by atoms with E-state index in [0.29, 0.717) is 12.3 Å². The monoisotopic (exact) mass is 161 g/mol. The Bertz CT molecular complexity index is 169. The van der Waals surface area contributed by atoms with Crippen LogP contribution in [0.5, 0.6) is 0 Å². The van der Waals surface area contributed by atoms with Gasteiger partial charge in [-0.25, -0.2) is 8.78 Å². The Morgan fingerprint density at radius 2 is 2.09 bits per heavy atom. The summed E-state index contributed by atoms with van der Waals surface area (Å²) < 4.78 is 26.0. The second-order valence-electron chi connectivity index (χ2n) is 3.96. The first kappa shape index (κ1) is 7.47. The van der Waals surface area contributed by atoms with E-state index in [2.05, 4.69) is 12.2 Å². The molecule has 0 radical (unpaired) electrons. The van der Waals surface area contributed by atoms with E-state index >= 15 is 0 Å². The first-order valence-corrected chi connectivity index (χ1v) is 4.22. The normalized spacial score (nSPS) is 47.7. The number of halogens is 2. The molecule has 2 heterocycles. The summed E-state index contributed by atoms with van der Waals surface area (Å²) in [7, 11) is 0. The summed E-state index contributed by atoms with van der Waals surface area (Å²) in [5.41, 5.74) is 0. The maximum atomic E-state index is 13.0. The zero-order chi connectivity index (χ0) is 8.06. The summed E-state index contributed by atoms with van der Waals surface area (Å²) in [4.78, 5) is 0. The topological polar surface area (TPSA) is 12.0 Å². The van der Waals surface area contributed by atoms with Gasteiger partial charge in [0.2, 0.25) is 0 Å². The standard InChI is InChI=1S/C8H13F2N/c1-5-2-6-4-8(9,10)7(3-5)11-6/h5-7,11H,2-4H2,1H3/t5?,6-,7+/m0/s1. The van der Waals surface area contributed by atoms with Crippen molar-refractivity contribution in [3.8, 4) is 0 Å². The lowest BCUT2D eigenvalue weighted by atomic mass is 9.94. The number of hydrogen-bond donors (Lipinski definition) is 1. The van der Waals surface area contributed by atoms with Gasteiger partial charge in [-0.15, -0.1) is 0 Å². The van der Waals surface area contributed by atoms with Gasteiger partial charge in [0.05, 0.1) is 6.04 Å². The van der Waals surface area contributed by atoms with Crippen LogP contribution in [0.2, 0.25) is 0 Å². The summed E-state index contributed by atoms with van der Waals surface area (Å²) in [6.45, 7) is 2.06. The van der Waals surface area contributed by atoms with Crippen LogP contribution in [0.3, 0.4) is 0 Å². The van der Waals surface area contributed by atoms with Crippen molar-refractivity contribution in [2.24, 2.45) is 5.92 Å². The molecule has 3 heteroatoms. The Morgan fingerprint density at radius 1 is 1.36 bits per heavy atom. The summed E-state index contributed by atoms with van der Waals surface area (Å²) >= 11 is 0. The molecule has 64 valence electrons. The van der Waals surface area contributed by atoms with Crippen molar-refractivity contribution in [2.75, 3.05) is 0 Å². The van der Waals surface area contributed by atoms with Gasteiger partial charge in [-0.2, -0.15) is 0 Å². The van der Waals surface area contributed by atoms with Crippen molar-refractivity contribution in [1.29, 1.82) is 0 Å². The molecule has 0 aromatic heterocycles. The van der Waals surface area contributed by atoms with Crippen LogP contribution in [-0.4, -0.2) is 18.0 Å². The number of piperidine rings is 1. The van der Waals surface area contributed by atoms with Gasteiger partial charge >= 0.3 is 0 Å². The zero-order valence-corrected chi connectivity index (χ0v) is 6.61. The van der Waals surface area contributed by atoms with Crippen molar-refractivity contribution in [3.63, 3.8) is 0 Å². The average Bonchev–Trinajstić information content (AvgIpc) is 2.02. The molecule has 0 saturated carbocycles. The van der Waals surface area contributed by atoms with E-state index < -0.39 is 12.0 Å². The second kappa shape index (κ2) is 2.16. The molecule has 0 spiro atoms. The van der Waals surface area contributed by atoms with Crippen molar-refractivity contribution >= 4 is 0 Å². The van der Waals surface area contributed by atoms with E-state index in [0.717, 1.165) is 6.42 Å². The van der Waals surface area contributed by atoms with Gasteiger partial charge in [0.1, 0.15) is 0 Å². The van der Waals surface area contributed by atoms with Crippen molar-refractivity contribution in [1.82, 2.24) is 5.32 Å². The fourth-order valence-corrected chi connectivity index (χ4v) is 2.31. The molecule has 3 atom stereocenters. The molecule has 2 aliphatic heterocycles. The summed E-state index contributed by atoms with van der Waals surface area (Å²) in [6, 6.07) is -0.449. The third-order valence-corrected chi connectivity index (χ3v) is 2.79.